The molecule has 0 bridgehead atoms. The molecule has 0 radical (unpaired) electrons. The van der Waals surface area contributed by atoms with Crippen molar-refractivity contribution in [2.75, 3.05) is 18.8 Å². The van der Waals surface area contributed by atoms with Gasteiger partial charge >= 0.3 is 0 Å². The molecule has 17 heavy (non-hydrogen) atoms. The van der Waals surface area contributed by atoms with Crippen LogP contribution in [-0.2, 0) is 0 Å². The Balaban J connectivity index is 2.18. The van der Waals surface area contributed by atoms with E-state index >= 15 is 0 Å². The van der Waals surface area contributed by atoms with E-state index in [1.807, 2.05) is 11.8 Å². The summed E-state index contributed by atoms with van der Waals surface area (Å²) < 4.78 is 0. The topological polar surface area (TPSA) is 59.2 Å². The van der Waals surface area contributed by atoms with Crippen molar-refractivity contribution in [3.05, 3.63) is 23.5 Å². The number of nitrogens with zero attached hydrogens (tertiary/aromatic N) is 2. The summed E-state index contributed by atoms with van der Waals surface area (Å²) in [4.78, 5) is 18.3. The lowest BCUT2D eigenvalue weighted by molar-refractivity contribution is 0.0683. The highest BCUT2D eigenvalue weighted by atomic mass is 16.2. The molecule has 1 aliphatic heterocycles. The van der Waals surface area contributed by atoms with Crippen LogP contribution in [0.15, 0.2) is 12.3 Å². The number of nitrogens with two attached hydrogens (primary N) is 1. The highest BCUT2D eigenvalue weighted by molar-refractivity contribution is 5.98. The van der Waals surface area contributed by atoms with E-state index in [1.54, 1.807) is 12.3 Å². The first-order chi connectivity index (χ1) is 8.08. The van der Waals surface area contributed by atoms with Crippen LogP contribution in [0.1, 0.15) is 35.8 Å². The van der Waals surface area contributed by atoms with Gasteiger partial charge in [-0.2, -0.15) is 0 Å². The molecule has 1 aliphatic rings. The Hall–Kier alpha value is -1.58. The average molecular weight is 233 g/mol. The molecule has 2 rings (SSSR count). The maximum Gasteiger partial charge on any atom is 0.257 e. The largest absolute Gasteiger partial charge is 0.398 e. The fourth-order valence-electron chi connectivity index (χ4n) is 2.30. The third-order valence-electron chi connectivity index (χ3n) is 3.25. The number of piperidine rings is 1. The van der Waals surface area contributed by atoms with Gasteiger partial charge in [0, 0.05) is 30.7 Å². The van der Waals surface area contributed by atoms with E-state index in [2.05, 4.69) is 11.9 Å². The number of aromatic nitrogens is 1. The molecule has 2 heterocycles. The molecule has 1 aromatic rings. The second-order valence-electron chi connectivity index (χ2n) is 4.91. The van der Waals surface area contributed by atoms with Crippen LogP contribution in [0, 0.1) is 12.8 Å². The molecule has 1 amide bonds. The highest BCUT2D eigenvalue weighted by Crippen LogP contribution is 2.20. The Morgan fingerprint density at radius 1 is 1.59 bits per heavy atom. The summed E-state index contributed by atoms with van der Waals surface area (Å²) in [5.41, 5.74) is 7.78. The van der Waals surface area contributed by atoms with E-state index in [-0.39, 0.29) is 5.91 Å². The predicted molar refractivity (Wildman–Crippen MR) is 67.7 cm³/mol. The Morgan fingerprint density at radius 2 is 2.35 bits per heavy atom. The standard InChI is InChI=1S/C13H19N3O/c1-9-4-3-5-16(8-9)13(17)11-7-15-10(2)6-12(11)14/h6-7,9H,3-5,8H2,1-2H3,(H2,14,15). The van der Waals surface area contributed by atoms with Crippen LogP contribution in [0.25, 0.3) is 0 Å². The number of hydrogen-bond donors (Lipinski definition) is 1. The highest BCUT2D eigenvalue weighted by Gasteiger charge is 2.23. The van der Waals surface area contributed by atoms with E-state index in [9.17, 15) is 4.79 Å². The molecule has 0 aromatic carbocycles. The van der Waals surface area contributed by atoms with Gasteiger partial charge in [-0.15, -0.1) is 0 Å². The van der Waals surface area contributed by atoms with Crippen LogP contribution in [0.2, 0.25) is 0 Å². The van der Waals surface area contributed by atoms with Gasteiger partial charge in [0.25, 0.3) is 5.91 Å². The number of anilines is 1. The maximum atomic E-state index is 12.3. The van der Waals surface area contributed by atoms with Crippen molar-refractivity contribution >= 4 is 11.6 Å². The summed E-state index contributed by atoms with van der Waals surface area (Å²) in [5, 5.41) is 0. The first-order valence-corrected chi connectivity index (χ1v) is 6.09. The van der Waals surface area contributed by atoms with Crippen molar-refractivity contribution in [1.82, 2.24) is 9.88 Å². The predicted octanol–water partition coefficient (Wildman–Crippen LogP) is 1.84. The Morgan fingerprint density at radius 3 is 3.00 bits per heavy atom. The molecule has 1 saturated heterocycles. The Kier molecular flexibility index (Phi) is 3.31. The Labute approximate surface area is 102 Å². The van der Waals surface area contributed by atoms with Crippen molar-refractivity contribution in [2.45, 2.75) is 26.7 Å². The molecule has 2 N–H and O–H groups in total. The molecular formula is C13H19N3O. The van der Waals surface area contributed by atoms with E-state index in [1.165, 1.54) is 6.42 Å². The molecule has 92 valence electrons. The molecule has 0 aliphatic carbocycles. The van der Waals surface area contributed by atoms with Crippen molar-refractivity contribution in [3.8, 4) is 0 Å². The van der Waals surface area contributed by atoms with Gasteiger partial charge < -0.3 is 10.6 Å². The summed E-state index contributed by atoms with van der Waals surface area (Å²) in [7, 11) is 0. The minimum absolute atomic E-state index is 0.0153. The molecular weight excluding hydrogens is 214 g/mol. The van der Waals surface area contributed by atoms with Crippen LogP contribution >= 0.6 is 0 Å². The van der Waals surface area contributed by atoms with Gasteiger partial charge in [0.05, 0.1) is 5.56 Å². The lowest BCUT2D eigenvalue weighted by Gasteiger charge is -2.31. The van der Waals surface area contributed by atoms with Gasteiger partial charge in [-0.1, -0.05) is 6.92 Å². The van der Waals surface area contributed by atoms with Gasteiger partial charge in [-0.25, -0.2) is 0 Å². The number of likely N-dealkylation sites (tertiary alicyclic amines) is 1. The number of rotatable bonds is 1. The fourth-order valence-corrected chi connectivity index (χ4v) is 2.30. The minimum atomic E-state index is 0.0153. The molecule has 1 aromatic heterocycles. The number of pyridine rings is 1. The van der Waals surface area contributed by atoms with Crippen LogP contribution in [0.3, 0.4) is 0 Å². The van der Waals surface area contributed by atoms with Gasteiger partial charge in [-0.05, 0) is 31.7 Å². The third kappa shape index (κ3) is 2.57. The number of carbonyl (C=O) groups excluding carboxylic acids is 1. The molecule has 4 nitrogen and oxygen atoms in total. The third-order valence-corrected chi connectivity index (χ3v) is 3.25. The van der Waals surface area contributed by atoms with E-state index < -0.39 is 0 Å². The van der Waals surface area contributed by atoms with Crippen LogP contribution < -0.4 is 5.73 Å². The number of amides is 1. The summed E-state index contributed by atoms with van der Waals surface area (Å²) in [6.07, 6.45) is 3.86. The van der Waals surface area contributed by atoms with Gasteiger partial charge in [0.1, 0.15) is 0 Å². The average Bonchev–Trinajstić information content (AvgIpc) is 2.28. The van der Waals surface area contributed by atoms with E-state index in [4.69, 9.17) is 5.73 Å². The number of carbonyl (C=O) groups is 1. The molecule has 4 heteroatoms. The van der Waals surface area contributed by atoms with Crippen molar-refractivity contribution in [1.29, 1.82) is 0 Å². The molecule has 0 spiro atoms. The summed E-state index contributed by atoms with van der Waals surface area (Å²) in [5.74, 6) is 0.592. The maximum absolute atomic E-state index is 12.3. The van der Waals surface area contributed by atoms with Crippen LogP contribution in [0.4, 0.5) is 5.69 Å². The zero-order valence-corrected chi connectivity index (χ0v) is 10.4. The number of nitrogen functional groups attached to an aromatic ring is 1. The SMILES string of the molecule is Cc1cc(N)c(C(=O)N2CCCC(C)C2)cn1. The number of hydrogen-bond acceptors (Lipinski definition) is 3. The van der Waals surface area contributed by atoms with Crippen molar-refractivity contribution < 1.29 is 4.79 Å². The lowest BCUT2D eigenvalue weighted by atomic mass is 9.99. The summed E-state index contributed by atoms with van der Waals surface area (Å²) in [6, 6.07) is 1.75. The quantitative estimate of drug-likeness (QED) is 0.805. The van der Waals surface area contributed by atoms with Crippen molar-refractivity contribution in [3.63, 3.8) is 0 Å². The zero-order valence-electron chi connectivity index (χ0n) is 10.4. The fraction of sp³-hybridized carbons (Fsp3) is 0.538. The van der Waals surface area contributed by atoms with Gasteiger partial charge in [-0.3, -0.25) is 9.78 Å². The summed E-state index contributed by atoms with van der Waals surface area (Å²) >= 11 is 0. The lowest BCUT2D eigenvalue weighted by Crippen LogP contribution is -2.39. The van der Waals surface area contributed by atoms with Gasteiger partial charge in [0.15, 0.2) is 0 Å². The first kappa shape index (κ1) is 11.9. The monoisotopic (exact) mass is 233 g/mol. The van der Waals surface area contributed by atoms with Crippen LogP contribution in [-0.4, -0.2) is 28.9 Å². The molecule has 1 unspecified atom stereocenters. The molecule has 1 fully saturated rings. The minimum Gasteiger partial charge on any atom is -0.398 e. The van der Waals surface area contributed by atoms with Crippen molar-refractivity contribution in [2.24, 2.45) is 5.92 Å². The zero-order chi connectivity index (χ0) is 12.4. The van der Waals surface area contributed by atoms with E-state index in [0.29, 0.717) is 17.2 Å². The van der Waals surface area contributed by atoms with Crippen LogP contribution in [0.5, 0.6) is 0 Å². The molecule has 0 saturated carbocycles. The summed E-state index contributed by atoms with van der Waals surface area (Å²) in [6.45, 7) is 5.70. The smallest absolute Gasteiger partial charge is 0.257 e. The second kappa shape index (κ2) is 4.73. The number of aryl methyl sites for hydroxylation is 1. The Bertz CT molecular complexity index is 431. The van der Waals surface area contributed by atoms with Gasteiger partial charge in [0.2, 0.25) is 0 Å². The molecule has 1 atom stereocenters. The second-order valence-corrected chi connectivity index (χ2v) is 4.91. The normalized spacial score (nSPS) is 20.4. The van der Waals surface area contributed by atoms with E-state index in [0.717, 1.165) is 25.2 Å². The first-order valence-electron chi connectivity index (χ1n) is 6.09.